The molecule has 1 heterocycles. The molecule has 0 saturated heterocycles. The second-order valence-electron chi connectivity index (χ2n) is 19.1. The lowest BCUT2D eigenvalue weighted by atomic mass is 9.74. The van der Waals surface area contributed by atoms with Crippen LogP contribution in [0.5, 0.6) is 0 Å². The first-order chi connectivity index (χ1) is 33.6. The highest BCUT2D eigenvalue weighted by molar-refractivity contribution is 6.08. The van der Waals surface area contributed by atoms with E-state index in [9.17, 15) is 0 Å². The number of rotatable bonds is 8. The summed E-state index contributed by atoms with van der Waals surface area (Å²) in [5.41, 5.74) is 20.3. The van der Waals surface area contributed by atoms with E-state index in [-0.39, 0.29) is 5.41 Å². The summed E-state index contributed by atoms with van der Waals surface area (Å²) in [5.74, 6) is 0.566. The van der Waals surface area contributed by atoms with Crippen molar-refractivity contribution in [3.8, 4) is 44.5 Å². The van der Waals surface area contributed by atoms with Crippen molar-refractivity contribution < 1.29 is 4.42 Å². The number of para-hydroxylation sites is 3. The number of hydrogen-bond donors (Lipinski definition) is 0. The van der Waals surface area contributed by atoms with Crippen molar-refractivity contribution in [2.75, 3.05) is 4.90 Å². The van der Waals surface area contributed by atoms with E-state index in [0.29, 0.717) is 5.92 Å². The monoisotopic (exact) mass is 873 g/mol. The largest absolute Gasteiger partial charge is 0.456 e. The summed E-state index contributed by atoms with van der Waals surface area (Å²) in [4.78, 5) is 2.51. The molecule has 0 spiro atoms. The van der Waals surface area contributed by atoms with Gasteiger partial charge >= 0.3 is 0 Å². The van der Waals surface area contributed by atoms with Crippen molar-refractivity contribution >= 4 is 49.8 Å². The van der Waals surface area contributed by atoms with Crippen LogP contribution in [0.15, 0.2) is 229 Å². The van der Waals surface area contributed by atoms with E-state index < -0.39 is 0 Å². The zero-order chi connectivity index (χ0) is 45.2. The molecule has 11 aromatic rings. The van der Waals surface area contributed by atoms with E-state index in [2.05, 4.69) is 230 Å². The standard InChI is InChI=1S/C66H51NO/c1-66(48-23-6-3-7-24-48)58-32-12-8-28-56(58)65-52(30-18-33-59(65)66)45-37-40-49(41-38-45)67(60-34-13-9-25-50(60)47-39-42-63-57(43-47)54-27-11-15-36-62(54)68-63)61-35-14-10-26-53(61)55-31-17-22-46-21-16-29-51(64(46)55)44-19-4-2-5-20-44/h3,6-18,21-44H,2,4-5,19-20H2,1H3. The summed E-state index contributed by atoms with van der Waals surface area (Å²) in [6, 6.07) is 83.2. The molecule has 2 nitrogen and oxygen atoms in total. The normalized spacial score (nSPS) is 15.7. The Balaban J connectivity index is 1.01. The minimum absolute atomic E-state index is 0.266. The first kappa shape index (κ1) is 40.3. The van der Waals surface area contributed by atoms with Crippen LogP contribution in [0.4, 0.5) is 17.1 Å². The Hall–Kier alpha value is -7.94. The Labute approximate surface area is 398 Å². The third kappa shape index (κ3) is 6.46. The lowest BCUT2D eigenvalue weighted by Gasteiger charge is -2.31. The van der Waals surface area contributed by atoms with Gasteiger partial charge in [0.15, 0.2) is 0 Å². The fraction of sp³-hybridized carbons (Fsp3) is 0.121. The van der Waals surface area contributed by atoms with Gasteiger partial charge in [0, 0.05) is 33.0 Å². The molecule has 1 unspecified atom stereocenters. The number of fused-ring (bicyclic) bond motifs is 7. The summed E-state index contributed by atoms with van der Waals surface area (Å²) in [7, 11) is 0. The van der Waals surface area contributed by atoms with Gasteiger partial charge in [-0.25, -0.2) is 0 Å². The Morgan fingerprint density at radius 2 is 1.04 bits per heavy atom. The maximum absolute atomic E-state index is 6.33. The summed E-state index contributed by atoms with van der Waals surface area (Å²) < 4.78 is 6.33. The second-order valence-corrected chi connectivity index (χ2v) is 19.1. The molecule has 13 rings (SSSR count). The summed E-state index contributed by atoms with van der Waals surface area (Å²) in [6.45, 7) is 2.40. The van der Waals surface area contributed by atoms with Crippen molar-refractivity contribution in [2.45, 2.75) is 50.4 Å². The van der Waals surface area contributed by atoms with Crippen molar-refractivity contribution in [1.82, 2.24) is 0 Å². The van der Waals surface area contributed by atoms with E-state index in [1.54, 1.807) is 0 Å². The van der Waals surface area contributed by atoms with E-state index >= 15 is 0 Å². The van der Waals surface area contributed by atoms with Crippen LogP contribution in [0, 0.1) is 0 Å². The summed E-state index contributed by atoms with van der Waals surface area (Å²) in [6.07, 6.45) is 6.43. The second kappa shape index (κ2) is 16.4. The molecule has 2 aliphatic rings. The fourth-order valence-electron chi connectivity index (χ4n) is 12.1. The van der Waals surface area contributed by atoms with Crippen LogP contribution in [0.2, 0.25) is 0 Å². The van der Waals surface area contributed by atoms with E-state index in [1.165, 1.54) is 98.5 Å². The van der Waals surface area contributed by atoms with E-state index in [4.69, 9.17) is 4.42 Å². The predicted molar refractivity (Wildman–Crippen MR) is 285 cm³/mol. The molecule has 0 aliphatic heterocycles. The Morgan fingerprint density at radius 3 is 1.87 bits per heavy atom. The Morgan fingerprint density at radius 1 is 0.441 bits per heavy atom. The predicted octanol–water partition coefficient (Wildman–Crippen LogP) is 18.6. The molecule has 10 aromatic carbocycles. The van der Waals surface area contributed by atoms with Crippen molar-refractivity contribution in [3.05, 3.63) is 247 Å². The molecule has 1 saturated carbocycles. The average molecular weight is 874 g/mol. The molecule has 0 amide bonds. The number of benzene rings is 10. The quantitative estimate of drug-likeness (QED) is 0.151. The molecule has 1 aromatic heterocycles. The SMILES string of the molecule is CC1(c2ccccc2)c2ccccc2-c2c(-c3ccc(N(c4ccccc4-c4ccc5oc6ccccc6c5c4)c4ccccc4-c4cccc5cccc(C6CCCCC6)c45)cc3)cccc21. The number of nitrogens with zero attached hydrogens (tertiary/aromatic N) is 1. The van der Waals surface area contributed by atoms with Crippen LogP contribution in [0.3, 0.4) is 0 Å². The third-order valence-corrected chi connectivity index (χ3v) is 15.4. The zero-order valence-corrected chi connectivity index (χ0v) is 38.3. The van der Waals surface area contributed by atoms with Crippen LogP contribution in [0.1, 0.15) is 67.2 Å². The van der Waals surface area contributed by atoms with Gasteiger partial charge in [-0.05, 0) is 135 Å². The lowest BCUT2D eigenvalue weighted by molar-refractivity contribution is 0.445. The molecule has 0 bridgehead atoms. The van der Waals surface area contributed by atoms with E-state index in [1.807, 2.05) is 6.07 Å². The number of hydrogen-bond acceptors (Lipinski definition) is 2. The van der Waals surface area contributed by atoms with Gasteiger partial charge in [0.05, 0.1) is 11.4 Å². The molecule has 1 fully saturated rings. The minimum Gasteiger partial charge on any atom is -0.456 e. The molecule has 0 radical (unpaired) electrons. The highest BCUT2D eigenvalue weighted by Crippen LogP contribution is 2.55. The molecular formula is C66H51NO. The first-order valence-electron chi connectivity index (χ1n) is 24.4. The van der Waals surface area contributed by atoms with Crippen LogP contribution in [-0.2, 0) is 5.41 Å². The van der Waals surface area contributed by atoms with Gasteiger partial charge in [-0.3, -0.25) is 0 Å². The van der Waals surface area contributed by atoms with Gasteiger partial charge in [0.25, 0.3) is 0 Å². The average Bonchev–Trinajstić information content (AvgIpc) is 3.92. The lowest BCUT2D eigenvalue weighted by Crippen LogP contribution is -2.22. The third-order valence-electron chi connectivity index (χ3n) is 15.4. The van der Waals surface area contributed by atoms with Gasteiger partial charge in [-0.1, -0.05) is 201 Å². The van der Waals surface area contributed by atoms with Crippen molar-refractivity contribution in [1.29, 1.82) is 0 Å². The molecule has 326 valence electrons. The maximum atomic E-state index is 6.33. The van der Waals surface area contributed by atoms with E-state index in [0.717, 1.165) is 50.1 Å². The first-order valence-corrected chi connectivity index (χ1v) is 24.4. The molecule has 0 N–H and O–H groups in total. The molecule has 1 atom stereocenters. The highest BCUT2D eigenvalue weighted by Gasteiger charge is 2.41. The molecule has 68 heavy (non-hydrogen) atoms. The topological polar surface area (TPSA) is 16.4 Å². The van der Waals surface area contributed by atoms with Gasteiger partial charge < -0.3 is 9.32 Å². The van der Waals surface area contributed by atoms with Crippen LogP contribution in [-0.4, -0.2) is 0 Å². The van der Waals surface area contributed by atoms with Gasteiger partial charge in [-0.2, -0.15) is 0 Å². The number of furan rings is 1. The number of anilines is 3. The van der Waals surface area contributed by atoms with Crippen LogP contribution >= 0.6 is 0 Å². The zero-order valence-electron chi connectivity index (χ0n) is 38.3. The fourth-order valence-corrected chi connectivity index (χ4v) is 12.1. The van der Waals surface area contributed by atoms with Crippen LogP contribution < -0.4 is 4.90 Å². The van der Waals surface area contributed by atoms with Gasteiger partial charge in [0.2, 0.25) is 0 Å². The smallest absolute Gasteiger partial charge is 0.135 e. The van der Waals surface area contributed by atoms with Crippen molar-refractivity contribution in [3.63, 3.8) is 0 Å². The minimum atomic E-state index is -0.266. The summed E-state index contributed by atoms with van der Waals surface area (Å²) >= 11 is 0. The van der Waals surface area contributed by atoms with Crippen molar-refractivity contribution in [2.24, 2.45) is 0 Å². The van der Waals surface area contributed by atoms with Gasteiger partial charge in [-0.15, -0.1) is 0 Å². The molecular weight excluding hydrogens is 823 g/mol. The highest BCUT2D eigenvalue weighted by atomic mass is 16.3. The summed E-state index contributed by atoms with van der Waals surface area (Å²) in [5, 5.41) is 4.94. The van der Waals surface area contributed by atoms with Gasteiger partial charge in [0.1, 0.15) is 11.2 Å². The molecule has 2 heteroatoms. The Bertz CT molecular complexity index is 3680. The molecule has 2 aliphatic carbocycles. The Kier molecular flexibility index (Phi) is 9.75. The maximum Gasteiger partial charge on any atom is 0.135 e. The van der Waals surface area contributed by atoms with Crippen LogP contribution in [0.25, 0.3) is 77.2 Å².